The minimum Gasteiger partial charge on any atom is -0.313 e. The molecule has 0 saturated carbocycles. The highest BCUT2D eigenvalue weighted by molar-refractivity contribution is 6.05. The Morgan fingerprint density at radius 3 is 2.68 bits per heavy atom. The quantitative estimate of drug-likeness (QED) is 0.799. The zero-order chi connectivity index (χ0) is 13.4. The van der Waals surface area contributed by atoms with Crippen LogP contribution in [0, 0.1) is 11.8 Å². The molecule has 0 spiro atoms. The molecule has 2 aliphatic rings. The molecule has 1 N–H and O–H groups in total. The highest BCUT2D eigenvalue weighted by atomic mass is 16.2. The van der Waals surface area contributed by atoms with Crippen LogP contribution >= 0.6 is 0 Å². The maximum Gasteiger partial charge on any atom is 0.234 e. The fourth-order valence-corrected chi connectivity index (χ4v) is 3.28. The second-order valence-electron chi connectivity index (χ2n) is 5.41. The Hall–Kier alpha value is -1.68. The van der Waals surface area contributed by atoms with Crippen molar-refractivity contribution in [3.8, 4) is 0 Å². The molecule has 0 aromatic heterocycles. The number of hydrogen-bond acceptors (Lipinski definition) is 3. The summed E-state index contributed by atoms with van der Waals surface area (Å²) in [5.41, 5.74) is 1.20. The molecule has 2 heterocycles. The molecule has 2 amide bonds. The zero-order valence-corrected chi connectivity index (χ0v) is 11.0. The molecule has 2 saturated heterocycles. The van der Waals surface area contributed by atoms with E-state index in [0.717, 1.165) is 19.4 Å². The minimum absolute atomic E-state index is 0.00504. The summed E-state index contributed by atoms with van der Waals surface area (Å²) < 4.78 is 0. The third-order valence-corrected chi connectivity index (χ3v) is 4.29. The van der Waals surface area contributed by atoms with Gasteiger partial charge in [0.25, 0.3) is 0 Å². The summed E-state index contributed by atoms with van der Waals surface area (Å²) in [5, 5.41) is 3.41. The van der Waals surface area contributed by atoms with E-state index in [2.05, 4.69) is 17.4 Å². The fourth-order valence-electron chi connectivity index (χ4n) is 3.28. The van der Waals surface area contributed by atoms with Crippen molar-refractivity contribution in [2.75, 3.05) is 13.6 Å². The number of hydrogen-bond donors (Lipinski definition) is 1. The predicted octanol–water partition coefficient (Wildman–Crippen LogP) is 0.822. The lowest BCUT2D eigenvalue weighted by atomic mass is 9.80. The highest BCUT2D eigenvalue weighted by Crippen LogP contribution is 2.34. The van der Waals surface area contributed by atoms with Crippen LogP contribution < -0.4 is 5.32 Å². The maximum absolute atomic E-state index is 12.2. The number of likely N-dealkylation sites (tertiary alicyclic amines) is 1. The number of carbonyl (C=O) groups is 2. The van der Waals surface area contributed by atoms with Crippen LogP contribution in [0.15, 0.2) is 30.3 Å². The molecular formula is C15H18N2O2. The van der Waals surface area contributed by atoms with Crippen LogP contribution in [0.2, 0.25) is 0 Å². The normalized spacial score (nSPS) is 30.6. The Morgan fingerprint density at radius 2 is 1.95 bits per heavy atom. The van der Waals surface area contributed by atoms with Gasteiger partial charge in [-0.05, 0) is 24.9 Å². The van der Waals surface area contributed by atoms with Crippen LogP contribution in [-0.4, -0.2) is 36.3 Å². The van der Waals surface area contributed by atoms with E-state index in [1.165, 1.54) is 10.5 Å². The standard InChI is InChI=1S/C15H18N2O2/c1-17-14(18)11-7-8-16-12(13(11)15(17)19)9-10-5-3-2-4-6-10/h2-6,11-13,16H,7-9H2,1H3. The van der Waals surface area contributed by atoms with Crippen LogP contribution in [0.25, 0.3) is 0 Å². The second-order valence-corrected chi connectivity index (χ2v) is 5.41. The lowest BCUT2D eigenvalue weighted by Gasteiger charge is -2.31. The van der Waals surface area contributed by atoms with Crippen molar-refractivity contribution >= 4 is 11.8 Å². The number of fused-ring (bicyclic) bond motifs is 1. The third-order valence-electron chi connectivity index (χ3n) is 4.29. The monoisotopic (exact) mass is 258 g/mol. The van der Waals surface area contributed by atoms with Crippen LogP contribution in [0.1, 0.15) is 12.0 Å². The van der Waals surface area contributed by atoms with Gasteiger partial charge in [0.1, 0.15) is 0 Å². The molecule has 0 bridgehead atoms. The molecule has 3 rings (SSSR count). The van der Waals surface area contributed by atoms with Gasteiger partial charge in [-0.15, -0.1) is 0 Å². The van der Waals surface area contributed by atoms with Gasteiger partial charge in [0.2, 0.25) is 11.8 Å². The molecule has 1 aromatic rings. The van der Waals surface area contributed by atoms with Gasteiger partial charge in [0.15, 0.2) is 0 Å². The first kappa shape index (κ1) is 12.4. The van der Waals surface area contributed by atoms with E-state index < -0.39 is 0 Å². The number of amides is 2. The summed E-state index contributed by atoms with van der Waals surface area (Å²) in [6.07, 6.45) is 1.57. The van der Waals surface area contributed by atoms with Crippen LogP contribution in [-0.2, 0) is 16.0 Å². The van der Waals surface area contributed by atoms with E-state index in [9.17, 15) is 9.59 Å². The van der Waals surface area contributed by atoms with Gasteiger partial charge in [-0.25, -0.2) is 0 Å². The number of imide groups is 1. The molecular weight excluding hydrogens is 240 g/mol. The Kier molecular flexibility index (Phi) is 3.11. The van der Waals surface area contributed by atoms with Crippen LogP contribution in [0.3, 0.4) is 0 Å². The van der Waals surface area contributed by atoms with Crippen molar-refractivity contribution < 1.29 is 9.59 Å². The lowest BCUT2D eigenvalue weighted by Crippen LogP contribution is -2.48. The van der Waals surface area contributed by atoms with Crippen molar-refractivity contribution in [2.24, 2.45) is 11.8 Å². The Bertz CT molecular complexity index is 500. The maximum atomic E-state index is 12.2. The van der Waals surface area contributed by atoms with E-state index in [1.54, 1.807) is 7.05 Å². The molecule has 0 aliphatic carbocycles. The average molecular weight is 258 g/mol. The summed E-state index contributed by atoms with van der Waals surface area (Å²) >= 11 is 0. The first-order valence-corrected chi connectivity index (χ1v) is 6.77. The summed E-state index contributed by atoms with van der Waals surface area (Å²) in [7, 11) is 1.60. The van der Waals surface area contributed by atoms with Crippen molar-refractivity contribution in [1.82, 2.24) is 10.2 Å². The third kappa shape index (κ3) is 2.06. The summed E-state index contributed by atoms with van der Waals surface area (Å²) in [6.45, 7) is 0.811. The lowest BCUT2D eigenvalue weighted by molar-refractivity contribution is -0.138. The molecule has 3 unspecified atom stereocenters. The molecule has 1 aromatic carbocycles. The van der Waals surface area contributed by atoms with E-state index in [0.29, 0.717) is 0 Å². The molecule has 4 nitrogen and oxygen atoms in total. The summed E-state index contributed by atoms with van der Waals surface area (Å²) in [6, 6.07) is 10.2. The topological polar surface area (TPSA) is 49.4 Å². The molecule has 3 atom stereocenters. The number of piperidine rings is 1. The number of rotatable bonds is 2. The Morgan fingerprint density at radius 1 is 1.21 bits per heavy atom. The number of benzene rings is 1. The second kappa shape index (κ2) is 4.78. The van der Waals surface area contributed by atoms with Crippen LogP contribution in [0.4, 0.5) is 0 Å². The Balaban J connectivity index is 1.82. The first-order valence-electron chi connectivity index (χ1n) is 6.77. The van der Waals surface area contributed by atoms with Gasteiger partial charge in [-0.1, -0.05) is 30.3 Å². The first-order chi connectivity index (χ1) is 9.18. The van der Waals surface area contributed by atoms with E-state index in [4.69, 9.17) is 0 Å². The zero-order valence-electron chi connectivity index (χ0n) is 11.0. The average Bonchev–Trinajstić information content (AvgIpc) is 2.66. The van der Waals surface area contributed by atoms with Gasteiger partial charge < -0.3 is 5.32 Å². The Labute approximate surface area is 112 Å². The predicted molar refractivity (Wildman–Crippen MR) is 71.3 cm³/mol. The molecule has 2 fully saturated rings. The SMILES string of the molecule is CN1C(=O)C2CCNC(Cc3ccccc3)C2C1=O. The van der Waals surface area contributed by atoms with E-state index in [1.807, 2.05) is 18.2 Å². The summed E-state index contributed by atoms with van der Waals surface area (Å²) in [5.74, 6) is -0.336. The van der Waals surface area contributed by atoms with Gasteiger partial charge in [-0.3, -0.25) is 14.5 Å². The highest BCUT2D eigenvalue weighted by Gasteiger charge is 2.50. The number of carbonyl (C=O) groups excluding carboxylic acids is 2. The molecule has 2 aliphatic heterocycles. The van der Waals surface area contributed by atoms with Crippen LogP contribution in [0.5, 0.6) is 0 Å². The number of nitrogens with one attached hydrogen (secondary N) is 1. The molecule has 0 radical (unpaired) electrons. The minimum atomic E-state index is -0.188. The van der Waals surface area contributed by atoms with E-state index >= 15 is 0 Å². The summed E-state index contributed by atoms with van der Waals surface area (Å²) in [4.78, 5) is 25.5. The van der Waals surface area contributed by atoms with E-state index in [-0.39, 0.29) is 29.7 Å². The van der Waals surface area contributed by atoms with Crippen molar-refractivity contribution in [1.29, 1.82) is 0 Å². The molecule has 19 heavy (non-hydrogen) atoms. The molecule has 100 valence electrons. The fraction of sp³-hybridized carbons (Fsp3) is 0.467. The molecule has 4 heteroatoms. The smallest absolute Gasteiger partial charge is 0.234 e. The van der Waals surface area contributed by atoms with Gasteiger partial charge in [-0.2, -0.15) is 0 Å². The van der Waals surface area contributed by atoms with Crippen molar-refractivity contribution in [2.45, 2.75) is 18.9 Å². The van der Waals surface area contributed by atoms with Crippen molar-refractivity contribution in [3.05, 3.63) is 35.9 Å². The van der Waals surface area contributed by atoms with Gasteiger partial charge >= 0.3 is 0 Å². The largest absolute Gasteiger partial charge is 0.313 e. The van der Waals surface area contributed by atoms with Crippen molar-refractivity contribution in [3.63, 3.8) is 0 Å². The van der Waals surface area contributed by atoms with Gasteiger partial charge in [0, 0.05) is 13.1 Å². The number of nitrogens with zero attached hydrogens (tertiary/aromatic N) is 1. The van der Waals surface area contributed by atoms with Gasteiger partial charge in [0.05, 0.1) is 11.8 Å².